The van der Waals surface area contributed by atoms with E-state index in [4.69, 9.17) is 5.73 Å². The zero-order valence-electron chi connectivity index (χ0n) is 7.84. The summed E-state index contributed by atoms with van der Waals surface area (Å²) in [5, 5.41) is 5.70. The van der Waals surface area contributed by atoms with Crippen LogP contribution in [0.1, 0.15) is 19.8 Å². The molecule has 1 aliphatic rings. The Balaban J connectivity index is 2.03. The fourth-order valence-corrected chi connectivity index (χ4v) is 0.891. The van der Waals surface area contributed by atoms with E-state index in [1.165, 1.54) is 19.8 Å². The number of hydrogen-bond acceptors (Lipinski definition) is 2. The van der Waals surface area contributed by atoms with E-state index in [1.54, 1.807) is 0 Å². The molecule has 0 aliphatic heterocycles. The monoisotopic (exact) mass is 184 g/mol. The summed E-state index contributed by atoms with van der Waals surface area (Å²) in [4.78, 5) is 14.5. The SMILES string of the molecule is CC(=O)NCCN=C(N)NC1CC1. The number of amides is 1. The molecular formula is C8H16N4O. The van der Waals surface area contributed by atoms with Gasteiger partial charge in [-0.3, -0.25) is 9.79 Å². The van der Waals surface area contributed by atoms with Crippen molar-refractivity contribution < 1.29 is 4.79 Å². The second kappa shape index (κ2) is 4.69. The van der Waals surface area contributed by atoms with Crippen LogP contribution in [0.15, 0.2) is 4.99 Å². The molecule has 1 rings (SSSR count). The summed E-state index contributed by atoms with van der Waals surface area (Å²) in [6.07, 6.45) is 2.36. The third-order valence-corrected chi connectivity index (χ3v) is 1.70. The minimum absolute atomic E-state index is 0.0380. The van der Waals surface area contributed by atoms with Gasteiger partial charge in [-0.25, -0.2) is 0 Å². The van der Waals surface area contributed by atoms with E-state index in [9.17, 15) is 4.79 Å². The molecule has 0 unspecified atom stereocenters. The Bertz CT molecular complexity index is 210. The largest absolute Gasteiger partial charge is 0.370 e. The van der Waals surface area contributed by atoms with Crippen molar-refractivity contribution in [2.75, 3.05) is 13.1 Å². The van der Waals surface area contributed by atoms with Crippen LogP contribution in [-0.4, -0.2) is 31.0 Å². The Morgan fingerprint density at radius 2 is 2.31 bits per heavy atom. The van der Waals surface area contributed by atoms with Crippen molar-refractivity contribution in [2.45, 2.75) is 25.8 Å². The molecule has 0 bridgehead atoms. The van der Waals surface area contributed by atoms with E-state index in [2.05, 4.69) is 15.6 Å². The van der Waals surface area contributed by atoms with E-state index in [-0.39, 0.29) is 5.91 Å². The Morgan fingerprint density at radius 1 is 1.62 bits per heavy atom. The van der Waals surface area contributed by atoms with E-state index in [0.717, 1.165) is 0 Å². The smallest absolute Gasteiger partial charge is 0.216 e. The number of nitrogens with two attached hydrogens (primary N) is 1. The molecule has 0 aromatic heterocycles. The van der Waals surface area contributed by atoms with Gasteiger partial charge in [0.15, 0.2) is 5.96 Å². The lowest BCUT2D eigenvalue weighted by Crippen LogP contribution is -2.34. The summed E-state index contributed by atoms with van der Waals surface area (Å²) in [6.45, 7) is 2.56. The third kappa shape index (κ3) is 5.05. The van der Waals surface area contributed by atoms with Crippen LogP contribution in [0.4, 0.5) is 0 Å². The van der Waals surface area contributed by atoms with Crippen LogP contribution in [-0.2, 0) is 4.79 Å². The number of guanidine groups is 1. The number of rotatable bonds is 4. The first-order valence-electron chi connectivity index (χ1n) is 4.49. The van der Waals surface area contributed by atoms with Gasteiger partial charge in [0.2, 0.25) is 5.91 Å². The van der Waals surface area contributed by atoms with E-state index in [0.29, 0.717) is 25.1 Å². The molecule has 1 amide bonds. The molecule has 0 spiro atoms. The summed E-state index contributed by atoms with van der Waals surface area (Å²) in [6, 6.07) is 0.532. The van der Waals surface area contributed by atoms with Crippen LogP contribution in [0.25, 0.3) is 0 Å². The topological polar surface area (TPSA) is 79.5 Å². The van der Waals surface area contributed by atoms with Gasteiger partial charge in [-0.1, -0.05) is 0 Å². The first-order chi connectivity index (χ1) is 6.18. The number of carbonyl (C=O) groups excluding carboxylic acids is 1. The number of aliphatic imine (C=N–C) groups is 1. The van der Waals surface area contributed by atoms with Crippen LogP contribution < -0.4 is 16.4 Å². The molecule has 1 aliphatic carbocycles. The van der Waals surface area contributed by atoms with Gasteiger partial charge >= 0.3 is 0 Å². The van der Waals surface area contributed by atoms with Gasteiger partial charge in [0.05, 0.1) is 6.54 Å². The van der Waals surface area contributed by atoms with Crippen molar-refractivity contribution in [2.24, 2.45) is 10.7 Å². The molecule has 1 saturated carbocycles. The lowest BCUT2D eigenvalue weighted by Gasteiger charge is -2.02. The first kappa shape index (κ1) is 9.83. The molecule has 1 fully saturated rings. The van der Waals surface area contributed by atoms with Crippen LogP contribution in [0.3, 0.4) is 0 Å². The lowest BCUT2D eigenvalue weighted by atomic mass is 10.6. The zero-order chi connectivity index (χ0) is 9.68. The normalized spacial score (nSPS) is 16.8. The fraction of sp³-hybridized carbons (Fsp3) is 0.750. The zero-order valence-corrected chi connectivity index (χ0v) is 7.84. The van der Waals surface area contributed by atoms with Crippen LogP contribution in [0, 0.1) is 0 Å². The van der Waals surface area contributed by atoms with Crippen LogP contribution >= 0.6 is 0 Å². The van der Waals surface area contributed by atoms with Crippen molar-refractivity contribution in [1.29, 1.82) is 0 Å². The van der Waals surface area contributed by atoms with Crippen molar-refractivity contribution >= 4 is 11.9 Å². The molecule has 5 heteroatoms. The molecule has 4 N–H and O–H groups in total. The van der Waals surface area contributed by atoms with Gasteiger partial charge in [-0.2, -0.15) is 0 Å². The molecular weight excluding hydrogens is 168 g/mol. The van der Waals surface area contributed by atoms with E-state index < -0.39 is 0 Å². The summed E-state index contributed by atoms with van der Waals surface area (Å²) >= 11 is 0. The minimum Gasteiger partial charge on any atom is -0.370 e. The molecule has 0 saturated heterocycles. The fourth-order valence-electron chi connectivity index (χ4n) is 0.891. The second-order valence-corrected chi connectivity index (χ2v) is 3.17. The Hall–Kier alpha value is -1.26. The van der Waals surface area contributed by atoms with E-state index >= 15 is 0 Å². The van der Waals surface area contributed by atoms with Crippen LogP contribution in [0.5, 0.6) is 0 Å². The molecule has 5 nitrogen and oxygen atoms in total. The highest BCUT2D eigenvalue weighted by molar-refractivity contribution is 5.78. The van der Waals surface area contributed by atoms with Crippen molar-refractivity contribution in [1.82, 2.24) is 10.6 Å². The van der Waals surface area contributed by atoms with Crippen LogP contribution in [0.2, 0.25) is 0 Å². The maximum Gasteiger partial charge on any atom is 0.216 e. The maximum absolute atomic E-state index is 10.5. The predicted octanol–water partition coefficient (Wildman–Crippen LogP) is -0.811. The molecule has 0 atom stereocenters. The Morgan fingerprint density at radius 3 is 2.85 bits per heavy atom. The summed E-state index contributed by atoms with van der Waals surface area (Å²) in [7, 11) is 0. The Labute approximate surface area is 77.8 Å². The summed E-state index contributed by atoms with van der Waals surface area (Å²) in [5.41, 5.74) is 5.56. The highest BCUT2D eigenvalue weighted by Gasteiger charge is 2.21. The number of hydrogen-bond donors (Lipinski definition) is 3. The summed E-state index contributed by atoms with van der Waals surface area (Å²) < 4.78 is 0. The average molecular weight is 184 g/mol. The highest BCUT2D eigenvalue weighted by Crippen LogP contribution is 2.17. The van der Waals surface area contributed by atoms with Gasteiger partial charge in [0, 0.05) is 19.5 Å². The molecule has 13 heavy (non-hydrogen) atoms. The molecule has 0 radical (unpaired) electrons. The minimum atomic E-state index is -0.0380. The van der Waals surface area contributed by atoms with Gasteiger partial charge in [0.25, 0.3) is 0 Å². The molecule has 0 aromatic rings. The average Bonchev–Trinajstić information content (AvgIpc) is 2.81. The number of nitrogens with zero attached hydrogens (tertiary/aromatic N) is 1. The lowest BCUT2D eigenvalue weighted by molar-refractivity contribution is -0.118. The number of carbonyl (C=O) groups is 1. The highest BCUT2D eigenvalue weighted by atomic mass is 16.1. The quantitative estimate of drug-likeness (QED) is 0.304. The van der Waals surface area contributed by atoms with Gasteiger partial charge in [0.1, 0.15) is 0 Å². The molecule has 0 aromatic carbocycles. The predicted molar refractivity (Wildman–Crippen MR) is 51.3 cm³/mol. The number of nitrogens with one attached hydrogen (secondary N) is 2. The maximum atomic E-state index is 10.5. The van der Waals surface area contributed by atoms with Crippen molar-refractivity contribution in [3.63, 3.8) is 0 Å². The second-order valence-electron chi connectivity index (χ2n) is 3.17. The standard InChI is InChI=1S/C8H16N4O/c1-6(13)10-4-5-11-8(9)12-7-2-3-7/h7H,2-5H2,1H3,(H,10,13)(H3,9,11,12). The third-order valence-electron chi connectivity index (χ3n) is 1.70. The van der Waals surface area contributed by atoms with Gasteiger partial charge < -0.3 is 16.4 Å². The van der Waals surface area contributed by atoms with Crippen molar-refractivity contribution in [3.05, 3.63) is 0 Å². The summed E-state index contributed by atoms with van der Waals surface area (Å²) in [5.74, 6) is 0.441. The van der Waals surface area contributed by atoms with Gasteiger partial charge in [-0.15, -0.1) is 0 Å². The van der Waals surface area contributed by atoms with E-state index in [1.807, 2.05) is 0 Å². The first-order valence-corrected chi connectivity index (χ1v) is 4.49. The van der Waals surface area contributed by atoms with Gasteiger partial charge in [-0.05, 0) is 12.8 Å². The van der Waals surface area contributed by atoms with Crippen molar-refractivity contribution in [3.8, 4) is 0 Å². The molecule has 74 valence electrons. The Kier molecular flexibility index (Phi) is 3.54. The molecule has 0 heterocycles.